The van der Waals surface area contributed by atoms with Gasteiger partial charge in [-0.15, -0.1) is 11.8 Å². The van der Waals surface area contributed by atoms with Gasteiger partial charge in [0.1, 0.15) is 5.50 Å². The number of amides is 2. The van der Waals surface area contributed by atoms with Crippen LogP contribution in [0.25, 0.3) is 0 Å². The van der Waals surface area contributed by atoms with Gasteiger partial charge in [-0.05, 0) is 12.1 Å². The summed E-state index contributed by atoms with van der Waals surface area (Å²) in [6.07, 6.45) is 0.153. The van der Waals surface area contributed by atoms with Crippen LogP contribution < -0.4 is 21.5 Å². The number of thioether (sulfide) groups is 1. The van der Waals surface area contributed by atoms with Crippen molar-refractivity contribution < 1.29 is 9.59 Å². The molecule has 1 fully saturated rings. The lowest BCUT2D eigenvalue weighted by molar-refractivity contribution is -0.124. The molecule has 0 aromatic heterocycles. The molecule has 1 aliphatic heterocycles. The van der Waals surface area contributed by atoms with Gasteiger partial charge in [0.05, 0.1) is 5.25 Å². The van der Waals surface area contributed by atoms with Crippen LogP contribution in [0.2, 0.25) is 0 Å². The molecule has 1 aromatic carbocycles. The number of nitrogens with one attached hydrogen (secondary N) is 2. The summed E-state index contributed by atoms with van der Waals surface area (Å²) in [4.78, 5) is 25.3. The first-order valence-corrected chi connectivity index (χ1v) is 6.79. The van der Waals surface area contributed by atoms with E-state index in [1.54, 1.807) is 11.9 Å². The normalized spacial score (nSPS) is 22.1. The lowest BCUT2D eigenvalue weighted by Crippen LogP contribution is -2.41. The average molecular weight is 280 g/mol. The minimum Gasteiger partial charge on any atom is -0.330 e. The third-order valence-corrected chi connectivity index (χ3v) is 4.13. The number of nitrogens with zero attached hydrogens (tertiary/aromatic N) is 1. The van der Waals surface area contributed by atoms with Crippen LogP contribution in [-0.2, 0) is 9.59 Å². The summed E-state index contributed by atoms with van der Waals surface area (Å²) >= 11 is 1.32. The van der Waals surface area contributed by atoms with Gasteiger partial charge < -0.3 is 10.2 Å². The highest BCUT2D eigenvalue weighted by atomic mass is 32.2. The fourth-order valence-corrected chi connectivity index (χ4v) is 2.82. The predicted molar refractivity (Wildman–Crippen MR) is 75.1 cm³/mol. The van der Waals surface area contributed by atoms with Crippen LogP contribution >= 0.6 is 11.8 Å². The predicted octanol–water partition coefficient (Wildman–Crippen LogP) is 0.0180. The first kappa shape index (κ1) is 13.9. The first-order chi connectivity index (χ1) is 9.11. The molecular weight excluding hydrogens is 264 g/mol. The van der Waals surface area contributed by atoms with Crippen molar-refractivity contribution in [3.63, 3.8) is 0 Å². The number of hydrogen-bond acceptors (Lipinski definition) is 5. The number of hydrazine groups is 1. The summed E-state index contributed by atoms with van der Waals surface area (Å²) in [5.74, 6) is 4.99. The Balaban J connectivity index is 1.96. The standard InChI is InChI=1S/C12H16N4O2S/c1-16(8-5-3-2-4-6-8)10(17)7-9-11(18)14-12(15-13)19-9/h2-6,9,12,15H,7,13H2,1H3,(H,14,18). The first-order valence-electron chi connectivity index (χ1n) is 5.85. The van der Waals surface area contributed by atoms with Crippen molar-refractivity contribution >= 4 is 29.3 Å². The Hall–Kier alpha value is -1.57. The third-order valence-electron chi connectivity index (χ3n) is 2.90. The van der Waals surface area contributed by atoms with E-state index in [1.165, 1.54) is 11.8 Å². The molecular formula is C12H16N4O2S. The summed E-state index contributed by atoms with van der Waals surface area (Å²) in [6, 6.07) is 9.32. The SMILES string of the molecule is CN(C(=O)CC1SC(NN)NC1=O)c1ccccc1. The van der Waals surface area contributed by atoms with Crippen molar-refractivity contribution in [1.82, 2.24) is 10.7 Å². The number of rotatable bonds is 4. The Labute approximate surface area is 115 Å². The molecule has 1 aromatic rings. The van der Waals surface area contributed by atoms with Crippen LogP contribution in [0.1, 0.15) is 6.42 Å². The molecule has 1 heterocycles. The van der Waals surface area contributed by atoms with Crippen molar-refractivity contribution in [2.75, 3.05) is 11.9 Å². The molecule has 0 saturated carbocycles. The van der Waals surface area contributed by atoms with Gasteiger partial charge in [0.25, 0.3) is 0 Å². The number of anilines is 1. The Morgan fingerprint density at radius 3 is 2.74 bits per heavy atom. The van der Waals surface area contributed by atoms with E-state index in [-0.39, 0.29) is 23.7 Å². The number of hydrogen-bond donors (Lipinski definition) is 3. The molecule has 2 unspecified atom stereocenters. The molecule has 0 aliphatic carbocycles. The molecule has 2 atom stereocenters. The van der Waals surface area contributed by atoms with Crippen LogP contribution in [0.3, 0.4) is 0 Å². The Morgan fingerprint density at radius 1 is 1.47 bits per heavy atom. The van der Waals surface area contributed by atoms with Crippen LogP contribution in [0.5, 0.6) is 0 Å². The highest BCUT2D eigenvalue weighted by molar-refractivity contribution is 8.01. The molecule has 0 radical (unpaired) electrons. The number of carbonyl (C=O) groups is 2. The summed E-state index contributed by atoms with van der Waals surface area (Å²) in [6.45, 7) is 0. The van der Waals surface area contributed by atoms with Gasteiger partial charge >= 0.3 is 0 Å². The molecule has 19 heavy (non-hydrogen) atoms. The molecule has 1 aliphatic rings. The smallest absolute Gasteiger partial charge is 0.235 e. The molecule has 7 heteroatoms. The number of nitrogens with two attached hydrogens (primary N) is 1. The molecule has 0 spiro atoms. The van der Waals surface area contributed by atoms with Gasteiger partial charge in [-0.25, -0.2) is 5.43 Å². The highest BCUT2D eigenvalue weighted by Crippen LogP contribution is 2.25. The largest absolute Gasteiger partial charge is 0.330 e. The fraction of sp³-hybridized carbons (Fsp3) is 0.333. The van der Waals surface area contributed by atoms with Crippen LogP contribution in [0.4, 0.5) is 5.69 Å². The molecule has 2 amide bonds. The van der Waals surface area contributed by atoms with Crippen molar-refractivity contribution in [1.29, 1.82) is 0 Å². The van der Waals surface area contributed by atoms with Crippen molar-refractivity contribution in [2.45, 2.75) is 17.2 Å². The van der Waals surface area contributed by atoms with Crippen LogP contribution in [-0.4, -0.2) is 29.6 Å². The van der Waals surface area contributed by atoms with E-state index >= 15 is 0 Å². The molecule has 1 saturated heterocycles. The second-order valence-electron chi connectivity index (χ2n) is 4.17. The minimum absolute atomic E-state index is 0.100. The van der Waals surface area contributed by atoms with E-state index in [9.17, 15) is 9.59 Å². The van der Waals surface area contributed by atoms with Crippen LogP contribution in [0, 0.1) is 0 Å². The summed E-state index contributed by atoms with van der Waals surface area (Å²) in [7, 11) is 1.70. The van der Waals surface area contributed by atoms with Gasteiger partial charge in [0.15, 0.2) is 0 Å². The van der Waals surface area contributed by atoms with Gasteiger partial charge in [0.2, 0.25) is 11.8 Å². The minimum atomic E-state index is -0.403. The van der Waals surface area contributed by atoms with E-state index in [2.05, 4.69) is 10.7 Å². The number of para-hydroxylation sites is 1. The summed E-state index contributed by atoms with van der Waals surface area (Å²) < 4.78 is 0. The van der Waals surface area contributed by atoms with Crippen LogP contribution in [0.15, 0.2) is 30.3 Å². The Morgan fingerprint density at radius 2 is 2.16 bits per heavy atom. The van der Waals surface area contributed by atoms with Gasteiger partial charge in [-0.2, -0.15) is 0 Å². The summed E-state index contributed by atoms with van der Waals surface area (Å²) in [5, 5.41) is 2.25. The maximum Gasteiger partial charge on any atom is 0.235 e. The maximum atomic E-state index is 12.1. The quantitative estimate of drug-likeness (QED) is 0.534. The van der Waals surface area contributed by atoms with E-state index in [1.807, 2.05) is 30.3 Å². The highest BCUT2D eigenvalue weighted by Gasteiger charge is 2.34. The van der Waals surface area contributed by atoms with E-state index in [0.717, 1.165) is 5.69 Å². The van der Waals surface area contributed by atoms with Crippen molar-refractivity contribution in [3.8, 4) is 0 Å². The molecule has 6 nitrogen and oxygen atoms in total. The fourth-order valence-electron chi connectivity index (χ4n) is 1.80. The van der Waals surface area contributed by atoms with Crippen molar-refractivity contribution in [2.24, 2.45) is 5.84 Å². The molecule has 0 bridgehead atoms. The molecule has 4 N–H and O–H groups in total. The molecule has 102 valence electrons. The lowest BCUT2D eigenvalue weighted by Gasteiger charge is -2.18. The second kappa shape index (κ2) is 6.05. The van der Waals surface area contributed by atoms with Gasteiger partial charge in [-0.1, -0.05) is 18.2 Å². The van der Waals surface area contributed by atoms with E-state index < -0.39 is 5.25 Å². The number of benzene rings is 1. The topological polar surface area (TPSA) is 87.5 Å². The third kappa shape index (κ3) is 3.25. The second-order valence-corrected chi connectivity index (χ2v) is 5.49. The zero-order valence-corrected chi connectivity index (χ0v) is 11.3. The number of carbonyl (C=O) groups excluding carboxylic acids is 2. The Kier molecular flexibility index (Phi) is 4.41. The van der Waals surface area contributed by atoms with Crippen molar-refractivity contribution in [3.05, 3.63) is 30.3 Å². The van der Waals surface area contributed by atoms with E-state index in [0.29, 0.717) is 0 Å². The zero-order valence-electron chi connectivity index (χ0n) is 10.5. The average Bonchev–Trinajstić information content (AvgIpc) is 2.79. The Bertz CT molecular complexity index is 468. The molecule has 2 rings (SSSR count). The monoisotopic (exact) mass is 280 g/mol. The maximum absolute atomic E-state index is 12.1. The lowest BCUT2D eigenvalue weighted by atomic mass is 10.2. The van der Waals surface area contributed by atoms with Gasteiger partial charge in [0, 0.05) is 19.2 Å². The summed E-state index contributed by atoms with van der Waals surface area (Å²) in [5.41, 5.74) is 2.95. The van der Waals surface area contributed by atoms with Gasteiger partial charge in [-0.3, -0.25) is 15.4 Å². The van der Waals surface area contributed by atoms with E-state index in [4.69, 9.17) is 5.84 Å². The zero-order chi connectivity index (χ0) is 13.8.